The maximum absolute atomic E-state index is 9.51. The van der Waals surface area contributed by atoms with Crippen molar-refractivity contribution in [1.82, 2.24) is 4.98 Å². The fraction of sp³-hybridized carbons (Fsp3) is 0.312. The molecule has 1 unspecified atom stereocenters. The van der Waals surface area contributed by atoms with Gasteiger partial charge in [0.2, 0.25) is 0 Å². The molecule has 0 amide bonds. The van der Waals surface area contributed by atoms with E-state index < -0.39 is 6.10 Å². The number of alkyl halides is 1. The molecule has 4 heteroatoms. The molecular formula is C16H19ClN2O. The van der Waals surface area contributed by atoms with Crippen molar-refractivity contribution in [2.45, 2.75) is 18.9 Å². The number of halogens is 1. The third kappa shape index (κ3) is 4.51. The molecule has 0 aliphatic heterocycles. The Bertz CT molecular complexity index is 519. The number of aryl methyl sites for hydroxylation is 2. The standard InChI is InChI=1S/C16H19ClN2O/c17-11-15(20)12-19-16-7-2-1-5-13(16)8-9-14-6-3-4-10-18-14/h1-7,10,15,19-20H,8-9,11-12H2. The summed E-state index contributed by atoms with van der Waals surface area (Å²) in [6.45, 7) is 0.462. The summed E-state index contributed by atoms with van der Waals surface area (Å²) in [4.78, 5) is 4.33. The average molecular weight is 291 g/mol. The second kappa shape index (κ2) is 7.88. The van der Waals surface area contributed by atoms with Crippen molar-refractivity contribution in [1.29, 1.82) is 0 Å². The van der Waals surface area contributed by atoms with E-state index in [1.54, 1.807) is 0 Å². The van der Waals surface area contributed by atoms with Gasteiger partial charge in [-0.3, -0.25) is 4.98 Å². The summed E-state index contributed by atoms with van der Waals surface area (Å²) in [7, 11) is 0. The van der Waals surface area contributed by atoms with Crippen LogP contribution in [0.2, 0.25) is 0 Å². The minimum atomic E-state index is -0.527. The lowest BCUT2D eigenvalue weighted by atomic mass is 10.1. The van der Waals surface area contributed by atoms with Gasteiger partial charge in [-0.25, -0.2) is 0 Å². The van der Waals surface area contributed by atoms with Crippen molar-refractivity contribution < 1.29 is 5.11 Å². The van der Waals surface area contributed by atoms with Crippen LogP contribution >= 0.6 is 11.6 Å². The molecule has 106 valence electrons. The maximum Gasteiger partial charge on any atom is 0.0847 e. The Labute approximate surface area is 124 Å². The molecule has 2 rings (SSSR count). The molecule has 2 N–H and O–H groups in total. The van der Waals surface area contributed by atoms with Crippen LogP contribution in [-0.4, -0.2) is 28.6 Å². The number of para-hydroxylation sites is 1. The topological polar surface area (TPSA) is 45.1 Å². The molecule has 0 fully saturated rings. The Morgan fingerprint density at radius 1 is 1.10 bits per heavy atom. The summed E-state index contributed by atoms with van der Waals surface area (Å²) in [6, 6.07) is 14.1. The van der Waals surface area contributed by atoms with Gasteiger partial charge in [0, 0.05) is 24.1 Å². The quantitative estimate of drug-likeness (QED) is 0.771. The van der Waals surface area contributed by atoms with Crippen LogP contribution in [0.4, 0.5) is 5.69 Å². The van der Waals surface area contributed by atoms with Gasteiger partial charge in [-0.1, -0.05) is 24.3 Å². The number of pyridine rings is 1. The zero-order valence-corrected chi connectivity index (χ0v) is 12.1. The van der Waals surface area contributed by atoms with Gasteiger partial charge in [0.15, 0.2) is 0 Å². The number of anilines is 1. The van der Waals surface area contributed by atoms with Gasteiger partial charge in [0.05, 0.1) is 12.0 Å². The number of aliphatic hydroxyl groups is 1. The van der Waals surface area contributed by atoms with Crippen LogP contribution in [-0.2, 0) is 12.8 Å². The van der Waals surface area contributed by atoms with Crippen molar-refractivity contribution in [2.24, 2.45) is 0 Å². The first-order chi connectivity index (χ1) is 9.79. The van der Waals surface area contributed by atoms with E-state index in [1.807, 2.05) is 42.6 Å². The number of hydrogen-bond acceptors (Lipinski definition) is 3. The lowest BCUT2D eigenvalue weighted by molar-refractivity contribution is 0.211. The second-order valence-electron chi connectivity index (χ2n) is 4.67. The molecule has 1 atom stereocenters. The normalized spacial score (nSPS) is 12.1. The predicted molar refractivity (Wildman–Crippen MR) is 83.3 cm³/mol. The summed E-state index contributed by atoms with van der Waals surface area (Å²) in [5.74, 6) is 0.239. The van der Waals surface area contributed by atoms with E-state index in [1.165, 1.54) is 5.56 Å². The molecule has 0 aliphatic rings. The lowest BCUT2D eigenvalue weighted by Crippen LogP contribution is -2.21. The summed E-state index contributed by atoms with van der Waals surface area (Å²) < 4.78 is 0. The number of aliphatic hydroxyl groups excluding tert-OH is 1. The monoisotopic (exact) mass is 290 g/mol. The van der Waals surface area contributed by atoms with Crippen molar-refractivity contribution in [3.63, 3.8) is 0 Å². The molecule has 0 saturated heterocycles. The first-order valence-electron chi connectivity index (χ1n) is 6.75. The van der Waals surface area contributed by atoms with Gasteiger partial charge >= 0.3 is 0 Å². The van der Waals surface area contributed by atoms with Crippen molar-refractivity contribution >= 4 is 17.3 Å². The van der Waals surface area contributed by atoms with Crippen LogP contribution < -0.4 is 5.32 Å². The Morgan fingerprint density at radius 3 is 2.65 bits per heavy atom. The van der Waals surface area contributed by atoms with Gasteiger partial charge in [-0.2, -0.15) is 0 Å². The molecule has 2 aromatic rings. The second-order valence-corrected chi connectivity index (χ2v) is 4.98. The Morgan fingerprint density at radius 2 is 1.90 bits per heavy atom. The molecule has 1 heterocycles. The fourth-order valence-corrected chi connectivity index (χ4v) is 2.11. The lowest BCUT2D eigenvalue weighted by Gasteiger charge is -2.14. The fourth-order valence-electron chi connectivity index (χ4n) is 2.00. The number of benzene rings is 1. The van der Waals surface area contributed by atoms with E-state index in [0.29, 0.717) is 6.54 Å². The molecule has 0 aliphatic carbocycles. The minimum Gasteiger partial charge on any atom is -0.390 e. The highest BCUT2D eigenvalue weighted by Crippen LogP contribution is 2.17. The molecule has 0 radical (unpaired) electrons. The van der Waals surface area contributed by atoms with Crippen LogP contribution in [0, 0.1) is 0 Å². The smallest absolute Gasteiger partial charge is 0.0847 e. The highest BCUT2D eigenvalue weighted by atomic mass is 35.5. The number of nitrogens with zero attached hydrogens (tertiary/aromatic N) is 1. The summed E-state index contributed by atoms with van der Waals surface area (Å²) in [5.41, 5.74) is 3.36. The Kier molecular flexibility index (Phi) is 5.84. The Balaban J connectivity index is 1.97. The summed E-state index contributed by atoms with van der Waals surface area (Å²) in [6.07, 6.45) is 3.10. The van der Waals surface area contributed by atoms with E-state index in [4.69, 9.17) is 11.6 Å². The summed E-state index contributed by atoms with van der Waals surface area (Å²) >= 11 is 5.60. The molecule has 0 saturated carbocycles. The van der Waals surface area contributed by atoms with Gasteiger partial charge in [-0.15, -0.1) is 11.6 Å². The molecule has 0 bridgehead atoms. The first kappa shape index (κ1) is 14.8. The van der Waals surface area contributed by atoms with Gasteiger partial charge in [0.25, 0.3) is 0 Å². The van der Waals surface area contributed by atoms with E-state index in [0.717, 1.165) is 24.2 Å². The van der Waals surface area contributed by atoms with Crippen LogP contribution in [0.25, 0.3) is 0 Å². The van der Waals surface area contributed by atoms with E-state index in [2.05, 4.69) is 16.4 Å². The number of hydrogen-bond donors (Lipinski definition) is 2. The van der Waals surface area contributed by atoms with E-state index in [-0.39, 0.29) is 5.88 Å². The third-order valence-electron chi connectivity index (χ3n) is 3.10. The zero-order valence-electron chi connectivity index (χ0n) is 11.3. The maximum atomic E-state index is 9.51. The first-order valence-corrected chi connectivity index (χ1v) is 7.28. The average Bonchev–Trinajstić information content (AvgIpc) is 2.52. The Hall–Kier alpha value is -1.58. The molecule has 20 heavy (non-hydrogen) atoms. The zero-order chi connectivity index (χ0) is 14.2. The molecule has 1 aromatic heterocycles. The molecule has 3 nitrogen and oxygen atoms in total. The summed E-state index contributed by atoms with van der Waals surface area (Å²) in [5, 5.41) is 12.8. The third-order valence-corrected chi connectivity index (χ3v) is 3.46. The van der Waals surface area contributed by atoms with Crippen LogP contribution in [0.5, 0.6) is 0 Å². The highest BCUT2D eigenvalue weighted by molar-refractivity contribution is 6.18. The molecular weight excluding hydrogens is 272 g/mol. The van der Waals surface area contributed by atoms with Crippen molar-refractivity contribution in [3.05, 3.63) is 59.9 Å². The van der Waals surface area contributed by atoms with E-state index in [9.17, 15) is 5.11 Å². The van der Waals surface area contributed by atoms with E-state index >= 15 is 0 Å². The van der Waals surface area contributed by atoms with Gasteiger partial charge < -0.3 is 10.4 Å². The SMILES string of the molecule is OC(CCl)CNc1ccccc1CCc1ccccn1. The van der Waals surface area contributed by atoms with Crippen molar-refractivity contribution in [3.8, 4) is 0 Å². The largest absolute Gasteiger partial charge is 0.390 e. The predicted octanol–water partition coefficient (Wildman–Crippen LogP) is 2.88. The molecule has 1 aromatic carbocycles. The van der Waals surface area contributed by atoms with Crippen molar-refractivity contribution in [2.75, 3.05) is 17.7 Å². The number of aromatic nitrogens is 1. The van der Waals surface area contributed by atoms with Crippen LogP contribution in [0.3, 0.4) is 0 Å². The highest BCUT2D eigenvalue weighted by Gasteiger charge is 2.05. The minimum absolute atomic E-state index is 0.239. The van der Waals surface area contributed by atoms with Crippen LogP contribution in [0.15, 0.2) is 48.7 Å². The number of nitrogens with one attached hydrogen (secondary N) is 1. The van der Waals surface area contributed by atoms with Crippen LogP contribution in [0.1, 0.15) is 11.3 Å². The van der Waals surface area contributed by atoms with Gasteiger partial charge in [-0.05, 0) is 36.6 Å². The van der Waals surface area contributed by atoms with Gasteiger partial charge in [0.1, 0.15) is 0 Å². The number of rotatable bonds is 7. The molecule has 0 spiro atoms.